The first-order chi connectivity index (χ1) is 6.95. The Labute approximate surface area is 96.1 Å². The molecular formula is C10H19NO4S. The Morgan fingerprint density at radius 3 is 2.38 bits per heavy atom. The minimum absolute atomic E-state index is 0.159. The molecule has 0 aliphatic heterocycles. The van der Waals surface area contributed by atoms with E-state index in [9.17, 15) is 13.2 Å². The molecule has 0 aromatic rings. The Kier molecular flexibility index (Phi) is 3.11. The van der Waals surface area contributed by atoms with Crippen LogP contribution in [0.3, 0.4) is 0 Å². The molecule has 6 heteroatoms. The van der Waals surface area contributed by atoms with Gasteiger partial charge in [0.2, 0.25) is 5.91 Å². The Morgan fingerprint density at radius 1 is 1.56 bits per heavy atom. The van der Waals surface area contributed by atoms with Crippen molar-refractivity contribution in [1.82, 2.24) is 0 Å². The molecule has 0 aromatic carbocycles. The zero-order valence-electron chi connectivity index (χ0n) is 9.86. The van der Waals surface area contributed by atoms with E-state index in [1.807, 2.05) is 6.92 Å². The number of primary amides is 1. The standard InChI is InChI=1S/C10H19NO4S/c1-9(2,6-16(13,14)15)5-10(3)4-7(10)8(11)12/h7H,4-6H2,1-3H3,(H2,11,12)(H,13,14,15). The molecule has 16 heavy (non-hydrogen) atoms. The van der Waals surface area contributed by atoms with Crippen LogP contribution in [0.15, 0.2) is 0 Å². The highest BCUT2D eigenvalue weighted by atomic mass is 32.2. The predicted molar refractivity (Wildman–Crippen MR) is 60.2 cm³/mol. The number of nitrogens with two attached hydrogens (primary N) is 1. The first kappa shape index (κ1) is 13.4. The molecule has 0 saturated heterocycles. The smallest absolute Gasteiger partial charge is 0.265 e. The molecule has 5 nitrogen and oxygen atoms in total. The Bertz CT molecular complexity index is 401. The molecule has 3 N–H and O–H groups in total. The highest BCUT2D eigenvalue weighted by molar-refractivity contribution is 7.85. The Balaban J connectivity index is 2.65. The second kappa shape index (κ2) is 3.70. The van der Waals surface area contributed by atoms with E-state index in [-0.39, 0.29) is 23.0 Å². The quantitative estimate of drug-likeness (QED) is 0.704. The van der Waals surface area contributed by atoms with Gasteiger partial charge in [-0.25, -0.2) is 0 Å². The van der Waals surface area contributed by atoms with Crippen molar-refractivity contribution in [3.05, 3.63) is 0 Å². The van der Waals surface area contributed by atoms with E-state index in [1.54, 1.807) is 13.8 Å². The molecule has 0 aromatic heterocycles. The summed E-state index contributed by atoms with van der Waals surface area (Å²) in [5.41, 5.74) is 4.46. The summed E-state index contributed by atoms with van der Waals surface area (Å²) < 4.78 is 30.5. The van der Waals surface area contributed by atoms with Gasteiger partial charge in [0.1, 0.15) is 0 Å². The van der Waals surface area contributed by atoms with Crippen LogP contribution in [0.1, 0.15) is 33.6 Å². The number of hydrogen-bond donors (Lipinski definition) is 2. The van der Waals surface area contributed by atoms with Gasteiger partial charge in [0, 0.05) is 5.92 Å². The third-order valence-corrected chi connectivity index (χ3v) is 4.30. The lowest BCUT2D eigenvalue weighted by atomic mass is 9.82. The topological polar surface area (TPSA) is 97.5 Å². The normalized spacial score (nSPS) is 30.1. The fourth-order valence-electron chi connectivity index (χ4n) is 2.68. The average Bonchev–Trinajstić information content (AvgIpc) is 2.53. The van der Waals surface area contributed by atoms with E-state index >= 15 is 0 Å². The molecule has 0 heterocycles. The predicted octanol–water partition coefficient (Wildman–Crippen LogP) is 0.802. The zero-order chi connectivity index (χ0) is 12.8. The van der Waals surface area contributed by atoms with Crippen molar-refractivity contribution in [2.75, 3.05) is 5.75 Å². The van der Waals surface area contributed by atoms with E-state index < -0.39 is 15.5 Å². The number of amides is 1. The van der Waals surface area contributed by atoms with Crippen LogP contribution < -0.4 is 5.73 Å². The van der Waals surface area contributed by atoms with Crippen LogP contribution in [-0.2, 0) is 14.9 Å². The second-order valence-corrected chi connectivity index (χ2v) is 7.33. The van der Waals surface area contributed by atoms with Crippen molar-refractivity contribution in [2.24, 2.45) is 22.5 Å². The van der Waals surface area contributed by atoms with Gasteiger partial charge in [-0.15, -0.1) is 0 Å². The van der Waals surface area contributed by atoms with E-state index in [2.05, 4.69) is 0 Å². The molecule has 1 rings (SSSR count). The number of carbonyl (C=O) groups excluding carboxylic acids is 1. The van der Waals surface area contributed by atoms with Crippen LogP contribution in [-0.4, -0.2) is 24.6 Å². The summed E-state index contributed by atoms with van der Waals surface area (Å²) in [6.45, 7) is 5.46. The van der Waals surface area contributed by atoms with Crippen molar-refractivity contribution < 1.29 is 17.8 Å². The number of rotatable bonds is 5. The highest BCUT2D eigenvalue weighted by Crippen LogP contribution is 2.58. The SMILES string of the molecule is CC(C)(CC1(C)CC1C(N)=O)CS(=O)(=O)O. The van der Waals surface area contributed by atoms with Gasteiger partial charge < -0.3 is 5.73 Å². The lowest BCUT2D eigenvalue weighted by Crippen LogP contribution is -2.28. The van der Waals surface area contributed by atoms with Gasteiger partial charge in [0.25, 0.3) is 10.1 Å². The van der Waals surface area contributed by atoms with Crippen LogP contribution in [0.25, 0.3) is 0 Å². The van der Waals surface area contributed by atoms with Crippen molar-refractivity contribution in [2.45, 2.75) is 33.6 Å². The summed E-state index contributed by atoms with van der Waals surface area (Å²) in [6, 6.07) is 0. The third kappa shape index (κ3) is 3.45. The highest BCUT2D eigenvalue weighted by Gasteiger charge is 2.55. The van der Waals surface area contributed by atoms with E-state index in [0.29, 0.717) is 12.8 Å². The molecule has 0 spiro atoms. The molecular weight excluding hydrogens is 230 g/mol. The molecule has 1 fully saturated rings. The van der Waals surface area contributed by atoms with Crippen LogP contribution in [0.5, 0.6) is 0 Å². The van der Waals surface area contributed by atoms with Crippen molar-refractivity contribution in [3.8, 4) is 0 Å². The van der Waals surface area contributed by atoms with Crippen molar-refractivity contribution in [3.63, 3.8) is 0 Å². The largest absolute Gasteiger partial charge is 0.369 e. The van der Waals surface area contributed by atoms with E-state index in [4.69, 9.17) is 10.3 Å². The molecule has 2 atom stereocenters. The molecule has 1 saturated carbocycles. The molecule has 1 amide bonds. The summed E-state index contributed by atoms with van der Waals surface area (Å²) in [4.78, 5) is 11.0. The Morgan fingerprint density at radius 2 is 2.06 bits per heavy atom. The molecule has 2 unspecified atom stereocenters. The first-order valence-corrected chi connectivity index (χ1v) is 6.81. The third-order valence-electron chi connectivity index (χ3n) is 3.15. The molecule has 1 aliphatic rings. The maximum atomic E-state index is 11.0. The van der Waals surface area contributed by atoms with Crippen LogP contribution >= 0.6 is 0 Å². The second-order valence-electron chi connectivity index (χ2n) is 5.88. The summed E-state index contributed by atoms with van der Waals surface area (Å²) in [7, 11) is -3.98. The number of hydrogen-bond acceptors (Lipinski definition) is 3. The number of carbonyl (C=O) groups is 1. The van der Waals surface area contributed by atoms with Crippen LogP contribution in [0, 0.1) is 16.7 Å². The van der Waals surface area contributed by atoms with Crippen molar-refractivity contribution in [1.29, 1.82) is 0 Å². The lowest BCUT2D eigenvalue weighted by molar-refractivity contribution is -0.120. The van der Waals surface area contributed by atoms with Crippen molar-refractivity contribution >= 4 is 16.0 Å². The summed E-state index contributed by atoms with van der Waals surface area (Å²) >= 11 is 0. The fraction of sp³-hybridized carbons (Fsp3) is 0.900. The van der Waals surface area contributed by atoms with Crippen LogP contribution in [0.2, 0.25) is 0 Å². The zero-order valence-corrected chi connectivity index (χ0v) is 10.7. The van der Waals surface area contributed by atoms with Gasteiger partial charge in [0.05, 0.1) is 5.75 Å². The average molecular weight is 249 g/mol. The van der Waals surface area contributed by atoms with Gasteiger partial charge in [-0.1, -0.05) is 20.8 Å². The summed E-state index contributed by atoms with van der Waals surface area (Å²) in [6.07, 6.45) is 1.27. The maximum absolute atomic E-state index is 11.0. The first-order valence-electron chi connectivity index (χ1n) is 5.20. The van der Waals surface area contributed by atoms with Gasteiger partial charge in [0.15, 0.2) is 0 Å². The minimum atomic E-state index is -3.98. The molecule has 0 bridgehead atoms. The van der Waals surface area contributed by atoms with Gasteiger partial charge in [-0.3, -0.25) is 9.35 Å². The van der Waals surface area contributed by atoms with E-state index in [1.165, 1.54) is 0 Å². The fourth-order valence-corrected chi connectivity index (χ4v) is 3.77. The van der Waals surface area contributed by atoms with Crippen LogP contribution in [0.4, 0.5) is 0 Å². The molecule has 0 radical (unpaired) electrons. The molecule has 94 valence electrons. The van der Waals surface area contributed by atoms with E-state index in [0.717, 1.165) is 0 Å². The van der Waals surface area contributed by atoms with Gasteiger partial charge in [-0.2, -0.15) is 8.42 Å². The Hall–Kier alpha value is -0.620. The maximum Gasteiger partial charge on any atom is 0.265 e. The monoisotopic (exact) mass is 249 g/mol. The summed E-state index contributed by atoms with van der Waals surface area (Å²) in [5.74, 6) is -0.778. The van der Waals surface area contributed by atoms with Gasteiger partial charge in [-0.05, 0) is 23.7 Å². The molecule has 1 aliphatic carbocycles. The minimum Gasteiger partial charge on any atom is -0.369 e. The van der Waals surface area contributed by atoms with Gasteiger partial charge >= 0.3 is 0 Å². The lowest BCUT2D eigenvalue weighted by Gasteiger charge is -2.27. The summed E-state index contributed by atoms with van der Waals surface area (Å²) in [5, 5.41) is 0.